The lowest BCUT2D eigenvalue weighted by molar-refractivity contribution is -0.117. The molecule has 0 saturated heterocycles. The number of thiol groups is 1. The predicted molar refractivity (Wildman–Crippen MR) is 102 cm³/mol. The maximum absolute atomic E-state index is 12.7. The molecule has 6 heteroatoms. The lowest BCUT2D eigenvalue weighted by Gasteiger charge is -2.16. The molecule has 1 aromatic heterocycles. The predicted octanol–water partition coefficient (Wildman–Crippen LogP) is 3.28. The number of amides is 1. The van der Waals surface area contributed by atoms with Crippen molar-refractivity contribution in [3.8, 4) is 0 Å². The summed E-state index contributed by atoms with van der Waals surface area (Å²) < 4.78 is 4.80. The fraction of sp³-hybridized carbons (Fsp3) is 0.158. The number of nitrogens with one attached hydrogen (secondary N) is 1. The zero-order valence-corrected chi connectivity index (χ0v) is 14.4. The van der Waals surface area contributed by atoms with Crippen molar-refractivity contribution in [2.24, 2.45) is 5.73 Å². The molecular formula is C19H19N3O2S. The molecule has 0 aliphatic heterocycles. The van der Waals surface area contributed by atoms with E-state index in [4.69, 9.17) is 9.92 Å². The smallest absolute Gasteiger partial charge is 0.233 e. The second-order valence-electron chi connectivity index (χ2n) is 5.73. The van der Waals surface area contributed by atoms with E-state index in [1.165, 1.54) is 0 Å². The van der Waals surface area contributed by atoms with Gasteiger partial charge in [0.05, 0.1) is 12.5 Å². The van der Waals surface area contributed by atoms with Gasteiger partial charge in [-0.1, -0.05) is 30.3 Å². The van der Waals surface area contributed by atoms with Gasteiger partial charge in [-0.15, -0.1) is 0 Å². The SMILES string of the molecule is NC[C@@H](C(=O)Nc1ccc2cnccc2c1)c1ccc(COS)cc1. The molecule has 0 radical (unpaired) electrons. The maximum atomic E-state index is 12.7. The summed E-state index contributed by atoms with van der Waals surface area (Å²) in [5, 5.41) is 4.99. The van der Waals surface area contributed by atoms with Crippen LogP contribution in [0.2, 0.25) is 0 Å². The van der Waals surface area contributed by atoms with Gasteiger partial charge < -0.3 is 15.2 Å². The Labute approximate surface area is 151 Å². The van der Waals surface area contributed by atoms with Crippen molar-refractivity contribution in [3.63, 3.8) is 0 Å². The first-order valence-electron chi connectivity index (χ1n) is 7.91. The zero-order valence-electron chi connectivity index (χ0n) is 13.6. The number of fused-ring (bicyclic) bond motifs is 1. The molecule has 2 aromatic carbocycles. The minimum atomic E-state index is -0.417. The lowest BCUT2D eigenvalue weighted by atomic mass is 9.97. The normalized spacial score (nSPS) is 12.1. The number of benzene rings is 2. The highest BCUT2D eigenvalue weighted by atomic mass is 32.1. The van der Waals surface area contributed by atoms with Crippen LogP contribution in [0.3, 0.4) is 0 Å². The van der Waals surface area contributed by atoms with Gasteiger partial charge in [0.25, 0.3) is 0 Å². The summed E-state index contributed by atoms with van der Waals surface area (Å²) in [7, 11) is 0. The van der Waals surface area contributed by atoms with E-state index in [1.807, 2.05) is 48.5 Å². The third kappa shape index (κ3) is 4.17. The molecule has 0 aliphatic rings. The minimum absolute atomic E-state index is 0.130. The summed E-state index contributed by atoms with van der Waals surface area (Å²) in [5.74, 6) is -0.548. The van der Waals surface area contributed by atoms with Crippen LogP contribution in [0, 0.1) is 0 Å². The molecule has 0 saturated carbocycles. The molecule has 0 fully saturated rings. The third-order valence-electron chi connectivity index (χ3n) is 4.07. The van der Waals surface area contributed by atoms with Gasteiger partial charge in [-0.05, 0) is 47.6 Å². The van der Waals surface area contributed by atoms with Crippen molar-refractivity contribution < 1.29 is 8.98 Å². The van der Waals surface area contributed by atoms with Crippen LogP contribution in [0.5, 0.6) is 0 Å². The molecule has 1 amide bonds. The fourth-order valence-corrected chi connectivity index (χ4v) is 2.85. The van der Waals surface area contributed by atoms with Gasteiger partial charge >= 0.3 is 0 Å². The molecule has 3 rings (SSSR count). The first-order chi connectivity index (χ1) is 12.2. The van der Waals surface area contributed by atoms with Crippen LogP contribution < -0.4 is 11.1 Å². The standard InChI is InChI=1S/C19H19N3O2S/c20-10-18(14-3-1-13(2-4-14)12-24-25)19(23)22-17-6-5-16-11-21-8-7-15(16)9-17/h1-9,11,18,25H,10,12,20H2,(H,22,23)/t18-/m1/s1. The van der Waals surface area contributed by atoms with E-state index >= 15 is 0 Å². The van der Waals surface area contributed by atoms with E-state index in [0.717, 1.165) is 27.6 Å². The molecule has 1 heterocycles. The average Bonchev–Trinajstić information content (AvgIpc) is 2.64. The molecule has 5 nitrogen and oxygen atoms in total. The lowest BCUT2D eigenvalue weighted by Crippen LogP contribution is -2.27. The fourth-order valence-electron chi connectivity index (χ4n) is 2.71. The zero-order chi connectivity index (χ0) is 17.6. The van der Waals surface area contributed by atoms with Crippen LogP contribution in [0.1, 0.15) is 17.0 Å². The monoisotopic (exact) mass is 353 g/mol. The quantitative estimate of drug-likeness (QED) is 0.469. The molecule has 0 unspecified atom stereocenters. The number of pyridine rings is 1. The van der Waals surface area contributed by atoms with Crippen LogP contribution in [0.15, 0.2) is 60.9 Å². The van der Waals surface area contributed by atoms with E-state index in [0.29, 0.717) is 6.61 Å². The summed E-state index contributed by atoms with van der Waals surface area (Å²) in [6.45, 7) is 0.639. The number of aromatic nitrogens is 1. The molecule has 0 spiro atoms. The van der Waals surface area contributed by atoms with E-state index in [9.17, 15) is 4.79 Å². The number of rotatable bonds is 6. The largest absolute Gasteiger partial charge is 0.329 e. The summed E-state index contributed by atoms with van der Waals surface area (Å²) in [4.78, 5) is 16.7. The molecule has 128 valence electrons. The van der Waals surface area contributed by atoms with Crippen LogP contribution >= 0.6 is 12.9 Å². The van der Waals surface area contributed by atoms with Gasteiger partial charge in [0.2, 0.25) is 5.91 Å². The summed E-state index contributed by atoms with van der Waals surface area (Å²) in [6.07, 6.45) is 3.52. The van der Waals surface area contributed by atoms with Gasteiger partial charge in [0.15, 0.2) is 0 Å². The van der Waals surface area contributed by atoms with Gasteiger partial charge in [-0.3, -0.25) is 9.78 Å². The van der Waals surface area contributed by atoms with Crippen LogP contribution in [-0.2, 0) is 15.6 Å². The van der Waals surface area contributed by atoms with Gasteiger partial charge in [-0.2, -0.15) is 0 Å². The number of hydrogen-bond donors (Lipinski definition) is 3. The number of nitrogens with two attached hydrogens (primary N) is 1. The molecule has 1 atom stereocenters. The Morgan fingerprint density at radius 2 is 1.96 bits per heavy atom. The third-order valence-corrected chi connectivity index (χ3v) is 4.20. The Morgan fingerprint density at radius 1 is 1.16 bits per heavy atom. The molecule has 0 bridgehead atoms. The topological polar surface area (TPSA) is 77.2 Å². The van der Waals surface area contributed by atoms with Crippen molar-refractivity contribution in [1.82, 2.24) is 4.98 Å². The first kappa shape index (κ1) is 17.4. The molecule has 25 heavy (non-hydrogen) atoms. The summed E-state index contributed by atoms with van der Waals surface area (Å²) in [5.41, 5.74) is 8.43. The van der Waals surface area contributed by atoms with Crippen molar-refractivity contribution in [1.29, 1.82) is 0 Å². The number of hydrogen-bond acceptors (Lipinski definition) is 5. The van der Waals surface area contributed by atoms with Crippen LogP contribution in [-0.4, -0.2) is 17.4 Å². The molecule has 0 aliphatic carbocycles. The van der Waals surface area contributed by atoms with Gasteiger partial charge in [-0.25, -0.2) is 0 Å². The van der Waals surface area contributed by atoms with E-state index < -0.39 is 5.92 Å². The van der Waals surface area contributed by atoms with Gasteiger partial charge in [0, 0.05) is 30.0 Å². The Balaban J connectivity index is 1.76. The minimum Gasteiger partial charge on any atom is -0.329 e. The van der Waals surface area contributed by atoms with Gasteiger partial charge in [0.1, 0.15) is 0 Å². The Hall–Kier alpha value is -2.41. The van der Waals surface area contributed by atoms with Crippen LogP contribution in [0.25, 0.3) is 10.8 Å². The summed E-state index contributed by atoms with van der Waals surface area (Å²) in [6, 6.07) is 15.2. The maximum Gasteiger partial charge on any atom is 0.233 e. The van der Waals surface area contributed by atoms with Crippen molar-refractivity contribution in [3.05, 3.63) is 72.1 Å². The van der Waals surface area contributed by atoms with Crippen LogP contribution in [0.4, 0.5) is 5.69 Å². The van der Waals surface area contributed by atoms with E-state index in [2.05, 4.69) is 23.2 Å². The van der Waals surface area contributed by atoms with E-state index in [-0.39, 0.29) is 12.5 Å². The number of anilines is 1. The highest BCUT2D eigenvalue weighted by molar-refractivity contribution is 7.75. The van der Waals surface area contributed by atoms with Crippen molar-refractivity contribution >= 4 is 35.3 Å². The Bertz CT molecular complexity index is 868. The highest BCUT2D eigenvalue weighted by Gasteiger charge is 2.19. The highest BCUT2D eigenvalue weighted by Crippen LogP contribution is 2.21. The number of nitrogens with zero attached hydrogens (tertiary/aromatic N) is 1. The molecule has 3 N–H and O–H groups in total. The molecule has 3 aromatic rings. The second kappa shape index (κ2) is 8.11. The number of carbonyl (C=O) groups is 1. The van der Waals surface area contributed by atoms with Crippen molar-refractivity contribution in [2.45, 2.75) is 12.5 Å². The van der Waals surface area contributed by atoms with E-state index in [1.54, 1.807) is 12.4 Å². The summed E-state index contributed by atoms with van der Waals surface area (Å²) >= 11 is 3.74. The molecular weight excluding hydrogens is 334 g/mol. The van der Waals surface area contributed by atoms with Crippen molar-refractivity contribution in [2.75, 3.05) is 11.9 Å². The Kier molecular flexibility index (Phi) is 5.65. The average molecular weight is 353 g/mol. The number of carbonyl (C=O) groups excluding carboxylic acids is 1. The Morgan fingerprint density at radius 3 is 2.68 bits per heavy atom. The second-order valence-corrected chi connectivity index (χ2v) is 5.99. The first-order valence-corrected chi connectivity index (χ1v) is 8.27.